The molecule has 5 rings (SSSR count). The van der Waals surface area contributed by atoms with Crippen LogP contribution in [0.15, 0.2) is 37.1 Å². The molecule has 0 bridgehead atoms. The van der Waals surface area contributed by atoms with Crippen LogP contribution in [0, 0.1) is 5.92 Å². The molecule has 0 amide bonds. The van der Waals surface area contributed by atoms with Crippen LogP contribution in [0.25, 0.3) is 22.0 Å². The Morgan fingerprint density at radius 1 is 1.23 bits per heavy atom. The molecule has 39 heavy (non-hydrogen) atoms. The van der Waals surface area contributed by atoms with Crippen molar-refractivity contribution < 1.29 is 24.1 Å². The highest BCUT2D eigenvalue weighted by molar-refractivity contribution is 6.41. The van der Waals surface area contributed by atoms with Gasteiger partial charge in [-0.15, -0.1) is 0 Å². The molecule has 0 aliphatic carbocycles. The number of ketones is 1. The fourth-order valence-electron chi connectivity index (χ4n) is 5.10. The Hall–Kier alpha value is -3.11. The Morgan fingerprint density at radius 3 is 2.54 bits per heavy atom. The second-order valence-corrected chi connectivity index (χ2v) is 10.9. The topological polar surface area (TPSA) is 106 Å². The minimum Gasteiger partial charge on any atom is -0.495 e. The molecular weight excluding hydrogens is 543 g/mol. The first-order valence-electron chi connectivity index (χ1n) is 12.5. The van der Waals surface area contributed by atoms with Gasteiger partial charge in [-0.25, -0.2) is 9.97 Å². The summed E-state index contributed by atoms with van der Waals surface area (Å²) in [6.45, 7) is 7.15. The molecule has 2 aliphatic heterocycles. The predicted octanol–water partition coefficient (Wildman–Crippen LogP) is 4.76. The lowest BCUT2D eigenvalue weighted by Crippen LogP contribution is -2.60. The van der Waals surface area contributed by atoms with Crippen LogP contribution in [-0.4, -0.2) is 73.0 Å². The van der Waals surface area contributed by atoms with Crippen LogP contribution < -0.4 is 19.7 Å². The third kappa shape index (κ3) is 5.36. The molecule has 2 aromatic heterocycles. The van der Waals surface area contributed by atoms with E-state index < -0.39 is 5.60 Å². The summed E-state index contributed by atoms with van der Waals surface area (Å²) in [5, 5.41) is 16.2. The summed E-state index contributed by atoms with van der Waals surface area (Å²) in [6, 6.07) is 5.35. The van der Waals surface area contributed by atoms with Gasteiger partial charge in [0.15, 0.2) is 5.78 Å². The monoisotopic (exact) mass is 572 g/mol. The third-order valence-corrected chi connectivity index (χ3v) is 7.86. The molecule has 2 fully saturated rings. The number of nitrogens with one attached hydrogen (secondary N) is 1. The van der Waals surface area contributed by atoms with Crippen LogP contribution in [0.3, 0.4) is 0 Å². The molecule has 2 atom stereocenters. The zero-order valence-electron chi connectivity index (χ0n) is 22.0. The highest BCUT2D eigenvalue weighted by Gasteiger charge is 2.38. The molecule has 11 heteroatoms. The van der Waals surface area contributed by atoms with Crippen molar-refractivity contribution in [2.24, 2.45) is 5.92 Å². The van der Waals surface area contributed by atoms with Crippen LogP contribution in [0.5, 0.6) is 11.5 Å². The lowest BCUT2D eigenvalue weighted by Gasteiger charge is -2.45. The summed E-state index contributed by atoms with van der Waals surface area (Å²) in [4.78, 5) is 23.6. The number of carbonyl (C=O) groups is 1. The van der Waals surface area contributed by atoms with Gasteiger partial charge in [-0.1, -0.05) is 29.8 Å². The van der Waals surface area contributed by atoms with E-state index >= 15 is 0 Å². The maximum Gasteiger partial charge on any atom is 0.155 e. The number of allylic oxidation sites excluding steroid dienone is 1. The number of β-amino-alcohol motifs (C(OH)–C–C–N with tert-alkyl or cyclic N) is 1. The first kappa shape index (κ1) is 27.5. The Kier molecular flexibility index (Phi) is 7.61. The molecular formula is C28H30Cl2N4O5. The van der Waals surface area contributed by atoms with Crippen LogP contribution >= 0.6 is 23.2 Å². The maximum absolute atomic E-state index is 11.9. The van der Waals surface area contributed by atoms with E-state index in [1.165, 1.54) is 20.3 Å². The second-order valence-electron chi connectivity index (χ2n) is 10.2. The first-order chi connectivity index (χ1) is 18.6. The van der Waals surface area contributed by atoms with E-state index in [4.69, 9.17) is 42.4 Å². The van der Waals surface area contributed by atoms with E-state index in [2.05, 4.69) is 16.9 Å². The molecule has 206 valence electrons. The number of nitrogens with zero attached hydrogens (tertiary/aromatic N) is 3. The molecule has 1 aromatic carbocycles. The average Bonchev–Trinajstić information content (AvgIpc) is 3.33. The number of pyridine rings is 2. The quantitative estimate of drug-likeness (QED) is 0.351. The molecule has 2 N–H and O–H groups in total. The summed E-state index contributed by atoms with van der Waals surface area (Å²) < 4.78 is 16.5. The SMILES string of the molecule is C=CC(=O)C[C@H]1COC[C@H]1Nc1cc2c(N3CC(C)(O)C3)nc(-c3c(Cl)c(OC)cc(OC)c3Cl)cc2cn1. The maximum atomic E-state index is 11.9. The summed E-state index contributed by atoms with van der Waals surface area (Å²) >= 11 is 13.4. The van der Waals surface area contributed by atoms with Crippen molar-refractivity contribution >= 4 is 51.4 Å². The number of aliphatic hydroxyl groups is 1. The van der Waals surface area contributed by atoms with Gasteiger partial charge in [-0.05, 0) is 25.1 Å². The van der Waals surface area contributed by atoms with E-state index in [9.17, 15) is 9.90 Å². The van der Waals surface area contributed by atoms with Crippen LogP contribution in [0.4, 0.5) is 11.6 Å². The van der Waals surface area contributed by atoms with Gasteiger partial charge in [0.05, 0.1) is 54.8 Å². The van der Waals surface area contributed by atoms with E-state index in [1.807, 2.05) is 17.0 Å². The van der Waals surface area contributed by atoms with Crippen molar-refractivity contribution in [3.8, 4) is 22.8 Å². The number of carbonyl (C=O) groups excluding carboxylic acids is 1. The molecule has 0 unspecified atom stereocenters. The number of fused-ring (bicyclic) bond motifs is 1. The molecule has 2 saturated heterocycles. The Bertz CT molecular complexity index is 1410. The largest absolute Gasteiger partial charge is 0.495 e. The van der Waals surface area contributed by atoms with Crippen LogP contribution in [0.2, 0.25) is 10.0 Å². The predicted molar refractivity (Wildman–Crippen MR) is 152 cm³/mol. The second kappa shape index (κ2) is 10.8. The van der Waals surface area contributed by atoms with Gasteiger partial charge < -0.3 is 29.5 Å². The van der Waals surface area contributed by atoms with E-state index in [1.54, 1.807) is 19.2 Å². The van der Waals surface area contributed by atoms with Crippen molar-refractivity contribution in [3.05, 3.63) is 47.1 Å². The van der Waals surface area contributed by atoms with Gasteiger partial charge in [0.1, 0.15) is 23.1 Å². The van der Waals surface area contributed by atoms with Crippen molar-refractivity contribution in [2.75, 3.05) is 50.7 Å². The molecule has 2 aliphatic rings. The third-order valence-electron chi connectivity index (χ3n) is 7.11. The first-order valence-corrected chi connectivity index (χ1v) is 13.3. The van der Waals surface area contributed by atoms with E-state index in [0.717, 1.165) is 10.8 Å². The normalized spacial score (nSPS) is 20.0. The zero-order chi connectivity index (χ0) is 27.9. The number of aromatic nitrogens is 2. The highest BCUT2D eigenvalue weighted by Crippen LogP contribution is 2.47. The zero-order valence-corrected chi connectivity index (χ0v) is 23.5. The number of hydrogen-bond acceptors (Lipinski definition) is 9. The smallest absolute Gasteiger partial charge is 0.155 e. The van der Waals surface area contributed by atoms with Crippen molar-refractivity contribution in [2.45, 2.75) is 25.0 Å². The molecule has 9 nitrogen and oxygen atoms in total. The number of rotatable bonds is 9. The lowest BCUT2D eigenvalue weighted by atomic mass is 9.96. The molecule has 0 radical (unpaired) electrons. The minimum atomic E-state index is -0.821. The Labute approximate surface area is 236 Å². The molecule has 0 spiro atoms. The minimum absolute atomic E-state index is 0.0147. The number of hydrogen-bond donors (Lipinski definition) is 2. The number of methoxy groups -OCH3 is 2. The molecule has 3 aromatic rings. The Morgan fingerprint density at radius 2 is 1.92 bits per heavy atom. The average molecular weight is 573 g/mol. The van der Waals surface area contributed by atoms with Gasteiger partial charge in [-0.3, -0.25) is 4.79 Å². The summed E-state index contributed by atoms with van der Waals surface area (Å²) in [5.41, 5.74) is 0.176. The van der Waals surface area contributed by atoms with Crippen molar-refractivity contribution in [1.82, 2.24) is 9.97 Å². The van der Waals surface area contributed by atoms with Gasteiger partial charge in [0.25, 0.3) is 0 Å². The highest BCUT2D eigenvalue weighted by atomic mass is 35.5. The standard InChI is InChI=1S/C28H30Cl2N4O5/c1-5-17(35)6-16-11-39-12-20(16)32-23-8-18-15(10-31-23)7-19(33-27(18)34-13-28(2,36)14-34)24-25(29)21(37-3)9-22(38-4)26(24)30/h5,7-10,16,20,36H,1,6,11-14H2,2-4H3,(H,31,32)/t16-,20+/m0/s1. The van der Waals surface area contributed by atoms with Gasteiger partial charge in [0, 0.05) is 54.0 Å². The summed E-state index contributed by atoms with van der Waals surface area (Å²) in [6.07, 6.45) is 3.46. The van der Waals surface area contributed by atoms with E-state index in [0.29, 0.717) is 77.2 Å². The van der Waals surface area contributed by atoms with Crippen LogP contribution in [-0.2, 0) is 9.53 Å². The number of halogens is 2. The Balaban J connectivity index is 1.58. The van der Waals surface area contributed by atoms with Crippen molar-refractivity contribution in [3.63, 3.8) is 0 Å². The summed E-state index contributed by atoms with van der Waals surface area (Å²) in [7, 11) is 3.04. The molecule has 4 heterocycles. The van der Waals surface area contributed by atoms with Gasteiger partial charge in [-0.2, -0.15) is 0 Å². The van der Waals surface area contributed by atoms with Gasteiger partial charge >= 0.3 is 0 Å². The van der Waals surface area contributed by atoms with Crippen molar-refractivity contribution in [1.29, 1.82) is 0 Å². The fourth-order valence-corrected chi connectivity index (χ4v) is 5.80. The summed E-state index contributed by atoms with van der Waals surface area (Å²) in [5.74, 6) is 2.11. The molecule has 0 saturated carbocycles. The van der Waals surface area contributed by atoms with Gasteiger partial charge in [0.2, 0.25) is 0 Å². The lowest BCUT2D eigenvalue weighted by molar-refractivity contribution is -0.115. The number of ether oxygens (including phenoxy) is 3. The number of anilines is 2. The fraction of sp³-hybridized carbons (Fsp3) is 0.393. The van der Waals surface area contributed by atoms with E-state index in [-0.39, 0.29) is 17.7 Å². The van der Waals surface area contributed by atoms with Crippen LogP contribution in [0.1, 0.15) is 13.3 Å². The number of benzene rings is 1.